The highest BCUT2D eigenvalue weighted by atomic mass is 79.9. The van der Waals surface area contributed by atoms with E-state index in [1.54, 1.807) is 12.1 Å². The Labute approximate surface area is 96.7 Å². The van der Waals surface area contributed by atoms with Crippen LogP contribution in [0.15, 0.2) is 27.7 Å². The van der Waals surface area contributed by atoms with Crippen LogP contribution in [0.3, 0.4) is 0 Å². The van der Waals surface area contributed by atoms with Gasteiger partial charge in [0.2, 0.25) is 0 Å². The highest BCUT2D eigenvalue weighted by molar-refractivity contribution is 9.10. The summed E-state index contributed by atoms with van der Waals surface area (Å²) in [6.07, 6.45) is 0.940. The fraction of sp³-hybridized carbons (Fsp3) is 0.300. The number of guanidine groups is 1. The molecule has 0 amide bonds. The number of halogens is 2. The highest BCUT2D eigenvalue weighted by Crippen LogP contribution is 2.19. The van der Waals surface area contributed by atoms with Crippen molar-refractivity contribution in [2.24, 2.45) is 10.7 Å². The zero-order chi connectivity index (χ0) is 11.3. The van der Waals surface area contributed by atoms with Gasteiger partial charge in [0.05, 0.1) is 4.47 Å². The predicted molar refractivity (Wildman–Crippen MR) is 64.5 cm³/mol. The van der Waals surface area contributed by atoms with Gasteiger partial charge in [0.1, 0.15) is 5.82 Å². The molecule has 3 N–H and O–H groups in total. The Morgan fingerprint density at radius 3 is 2.93 bits per heavy atom. The molecule has 0 radical (unpaired) electrons. The molecule has 1 aromatic carbocycles. The largest absolute Gasteiger partial charge is 0.370 e. The SMILES string of the molecule is CCCN=C(N)Nc1ccc(F)c(Br)c1. The maximum absolute atomic E-state index is 12.9. The van der Waals surface area contributed by atoms with Crippen LogP contribution >= 0.6 is 15.9 Å². The summed E-state index contributed by atoms with van der Waals surface area (Å²) in [6.45, 7) is 2.70. The second kappa shape index (κ2) is 5.70. The van der Waals surface area contributed by atoms with Gasteiger partial charge in [-0.15, -0.1) is 0 Å². The summed E-state index contributed by atoms with van der Waals surface area (Å²) < 4.78 is 13.3. The van der Waals surface area contributed by atoms with E-state index in [9.17, 15) is 4.39 Å². The van der Waals surface area contributed by atoms with E-state index in [0.717, 1.165) is 6.42 Å². The molecule has 0 fully saturated rings. The van der Waals surface area contributed by atoms with E-state index in [-0.39, 0.29) is 5.82 Å². The number of anilines is 1. The molecule has 0 saturated heterocycles. The topological polar surface area (TPSA) is 50.4 Å². The molecule has 0 aliphatic carbocycles. The third-order valence-electron chi connectivity index (χ3n) is 1.70. The molecule has 0 aliphatic heterocycles. The van der Waals surface area contributed by atoms with Crippen molar-refractivity contribution in [1.82, 2.24) is 0 Å². The lowest BCUT2D eigenvalue weighted by Crippen LogP contribution is -2.22. The van der Waals surface area contributed by atoms with Crippen molar-refractivity contribution in [3.8, 4) is 0 Å². The number of benzene rings is 1. The van der Waals surface area contributed by atoms with Crippen molar-refractivity contribution >= 4 is 27.6 Å². The summed E-state index contributed by atoms with van der Waals surface area (Å²) in [6, 6.07) is 4.58. The Kier molecular flexibility index (Phi) is 4.55. The van der Waals surface area contributed by atoms with Gasteiger partial charge in [0.15, 0.2) is 5.96 Å². The van der Waals surface area contributed by atoms with Crippen molar-refractivity contribution in [1.29, 1.82) is 0 Å². The molecule has 15 heavy (non-hydrogen) atoms. The van der Waals surface area contributed by atoms with E-state index in [4.69, 9.17) is 5.73 Å². The van der Waals surface area contributed by atoms with Gasteiger partial charge in [-0.2, -0.15) is 0 Å². The quantitative estimate of drug-likeness (QED) is 0.657. The van der Waals surface area contributed by atoms with E-state index >= 15 is 0 Å². The summed E-state index contributed by atoms with van der Waals surface area (Å²) in [5.74, 6) is 0.0416. The first kappa shape index (κ1) is 12.0. The number of rotatable bonds is 3. The monoisotopic (exact) mass is 273 g/mol. The van der Waals surface area contributed by atoms with Crippen LogP contribution in [0.1, 0.15) is 13.3 Å². The van der Waals surface area contributed by atoms with Gasteiger partial charge in [-0.1, -0.05) is 6.92 Å². The third kappa shape index (κ3) is 3.87. The summed E-state index contributed by atoms with van der Waals surface area (Å²) in [7, 11) is 0. The molecule has 0 bridgehead atoms. The van der Waals surface area contributed by atoms with Crippen LogP contribution in [0.5, 0.6) is 0 Å². The fourth-order valence-corrected chi connectivity index (χ4v) is 1.37. The average Bonchev–Trinajstić information content (AvgIpc) is 2.20. The molecule has 0 spiro atoms. The first-order valence-electron chi connectivity index (χ1n) is 4.65. The molecule has 0 aromatic heterocycles. The number of aliphatic imine (C=N–C) groups is 1. The van der Waals surface area contributed by atoms with Crippen LogP contribution in [0.2, 0.25) is 0 Å². The lowest BCUT2D eigenvalue weighted by Gasteiger charge is -2.05. The van der Waals surface area contributed by atoms with E-state index in [0.29, 0.717) is 22.7 Å². The van der Waals surface area contributed by atoms with Crippen LogP contribution in [-0.4, -0.2) is 12.5 Å². The van der Waals surface area contributed by atoms with E-state index in [1.807, 2.05) is 6.92 Å². The van der Waals surface area contributed by atoms with Gasteiger partial charge in [-0.25, -0.2) is 4.39 Å². The molecule has 1 aromatic rings. The Morgan fingerprint density at radius 1 is 1.60 bits per heavy atom. The molecule has 0 aliphatic rings. The second-order valence-electron chi connectivity index (χ2n) is 3.02. The molecule has 1 rings (SSSR count). The van der Waals surface area contributed by atoms with Gasteiger partial charge >= 0.3 is 0 Å². The average molecular weight is 274 g/mol. The van der Waals surface area contributed by atoms with Crippen molar-refractivity contribution < 1.29 is 4.39 Å². The normalized spacial score (nSPS) is 11.5. The molecule has 3 nitrogen and oxygen atoms in total. The molecule has 5 heteroatoms. The van der Waals surface area contributed by atoms with Crippen molar-refractivity contribution in [3.05, 3.63) is 28.5 Å². The van der Waals surface area contributed by atoms with Gasteiger partial charge in [-0.05, 0) is 40.5 Å². The lowest BCUT2D eigenvalue weighted by atomic mass is 10.3. The van der Waals surface area contributed by atoms with Gasteiger partial charge < -0.3 is 11.1 Å². The number of nitrogens with one attached hydrogen (secondary N) is 1. The summed E-state index contributed by atoms with van der Waals surface area (Å²) in [5.41, 5.74) is 6.32. The zero-order valence-electron chi connectivity index (χ0n) is 8.43. The fourth-order valence-electron chi connectivity index (χ4n) is 0.994. The minimum absolute atomic E-state index is 0.301. The van der Waals surface area contributed by atoms with Gasteiger partial charge in [-0.3, -0.25) is 4.99 Å². The molecule has 82 valence electrons. The smallest absolute Gasteiger partial charge is 0.193 e. The maximum atomic E-state index is 12.9. The van der Waals surface area contributed by atoms with E-state index in [1.165, 1.54) is 6.07 Å². The standard InChI is InChI=1S/C10H13BrFN3/c1-2-5-14-10(13)15-7-3-4-9(12)8(11)6-7/h3-4,6H,2,5H2,1H3,(H3,13,14,15). The molecule has 0 unspecified atom stereocenters. The van der Waals surface area contributed by atoms with Gasteiger partial charge in [0, 0.05) is 12.2 Å². The predicted octanol–water partition coefficient (Wildman–Crippen LogP) is 2.72. The Balaban J connectivity index is 2.68. The van der Waals surface area contributed by atoms with Gasteiger partial charge in [0.25, 0.3) is 0 Å². The Hall–Kier alpha value is -1.10. The van der Waals surface area contributed by atoms with Crippen LogP contribution < -0.4 is 11.1 Å². The van der Waals surface area contributed by atoms with E-state index < -0.39 is 0 Å². The number of hydrogen-bond acceptors (Lipinski definition) is 1. The maximum Gasteiger partial charge on any atom is 0.193 e. The minimum atomic E-state index is -0.301. The second-order valence-corrected chi connectivity index (χ2v) is 3.88. The molecule has 0 atom stereocenters. The molecule has 0 heterocycles. The minimum Gasteiger partial charge on any atom is -0.370 e. The number of nitrogens with two attached hydrogens (primary N) is 1. The first-order valence-corrected chi connectivity index (χ1v) is 5.44. The Bertz CT molecular complexity index is 366. The summed E-state index contributed by atoms with van der Waals surface area (Å²) >= 11 is 3.09. The zero-order valence-corrected chi connectivity index (χ0v) is 10.0. The third-order valence-corrected chi connectivity index (χ3v) is 2.31. The highest BCUT2D eigenvalue weighted by Gasteiger charge is 2.00. The van der Waals surface area contributed by atoms with Crippen LogP contribution in [0, 0.1) is 5.82 Å². The Morgan fingerprint density at radius 2 is 2.33 bits per heavy atom. The number of hydrogen-bond donors (Lipinski definition) is 2. The lowest BCUT2D eigenvalue weighted by molar-refractivity contribution is 0.621. The van der Waals surface area contributed by atoms with Crippen molar-refractivity contribution in [2.45, 2.75) is 13.3 Å². The van der Waals surface area contributed by atoms with E-state index in [2.05, 4.69) is 26.2 Å². The van der Waals surface area contributed by atoms with Crippen molar-refractivity contribution in [2.75, 3.05) is 11.9 Å². The molecular weight excluding hydrogens is 261 g/mol. The molecular formula is C10H13BrFN3. The molecule has 0 saturated carbocycles. The number of nitrogens with zero attached hydrogens (tertiary/aromatic N) is 1. The van der Waals surface area contributed by atoms with Crippen molar-refractivity contribution in [3.63, 3.8) is 0 Å². The van der Waals surface area contributed by atoms with Crippen LogP contribution in [0.25, 0.3) is 0 Å². The summed E-state index contributed by atoms with van der Waals surface area (Å²) in [4.78, 5) is 4.06. The van der Waals surface area contributed by atoms with Crippen LogP contribution in [0.4, 0.5) is 10.1 Å². The summed E-state index contributed by atoms with van der Waals surface area (Å²) in [5, 5.41) is 2.88. The first-order chi connectivity index (χ1) is 7.13. The van der Waals surface area contributed by atoms with Crippen LogP contribution in [-0.2, 0) is 0 Å².